The van der Waals surface area contributed by atoms with Crippen molar-refractivity contribution in [2.24, 2.45) is 5.92 Å². The molecule has 106 valence electrons. The van der Waals surface area contributed by atoms with Crippen molar-refractivity contribution in [3.8, 4) is 0 Å². The maximum absolute atomic E-state index is 4.23. The molecule has 1 aromatic heterocycles. The van der Waals surface area contributed by atoms with E-state index in [4.69, 9.17) is 0 Å². The van der Waals surface area contributed by atoms with E-state index < -0.39 is 0 Å². The van der Waals surface area contributed by atoms with Gasteiger partial charge < -0.3 is 5.32 Å². The average Bonchev–Trinajstić information content (AvgIpc) is 3.16. The van der Waals surface area contributed by atoms with Crippen LogP contribution in [0.3, 0.4) is 0 Å². The molecule has 1 saturated heterocycles. The van der Waals surface area contributed by atoms with E-state index in [1.807, 2.05) is 11.7 Å². The van der Waals surface area contributed by atoms with Crippen LogP contribution in [0.25, 0.3) is 0 Å². The van der Waals surface area contributed by atoms with Gasteiger partial charge in [0.1, 0.15) is 0 Å². The standard InChI is InChI=1S/C15H25N3S/c1-3-15(4-2)10-18(9-13-7-16-11-19-13)14(8-17-15)12-5-6-12/h7,11-12,14,17H,3-6,8-10H2,1-2H3. The van der Waals surface area contributed by atoms with E-state index >= 15 is 0 Å². The zero-order chi connectivity index (χ0) is 13.3. The first-order valence-electron chi connectivity index (χ1n) is 7.63. The van der Waals surface area contributed by atoms with Crippen molar-refractivity contribution in [2.75, 3.05) is 13.1 Å². The lowest BCUT2D eigenvalue weighted by molar-refractivity contribution is 0.0564. The van der Waals surface area contributed by atoms with Gasteiger partial charge in [-0.15, -0.1) is 11.3 Å². The van der Waals surface area contributed by atoms with Gasteiger partial charge in [-0.25, -0.2) is 0 Å². The Kier molecular flexibility index (Phi) is 3.92. The quantitative estimate of drug-likeness (QED) is 0.898. The van der Waals surface area contributed by atoms with E-state index in [0.29, 0.717) is 5.54 Å². The summed E-state index contributed by atoms with van der Waals surface area (Å²) >= 11 is 1.79. The molecular formula is C15H25N3S. The first-order chi connectivity index (χ1) is 9.26. The van der Waals surface area contributed by atoms with Gasteiger partial charge in [0.05, 0.1) is 5.51 Å². The molecule has 0 aromatic carbocycles. The van der Waals surface area contributed by atoms with Crippen LogP contribution in [0.4, 0.5) is 0 Å². The minimum Gasteiger partial charge on any atom is -0.308 e. The number of piperazine rings is 1. The normalized spacial score (nSPS) is 27.6. The largest absolute Gasteiger partial charge is 0.308 e. The van der Waals surface area contributed by atoms with Gasteiger partial charge in [-0.2, -0.15) is 0 Å². The molecular weight excluding hydrogens is 254 g/mol. The van der Waals surface area contributed by atoms with Crippen molar-refractivity contribution in [3.63, 3.8) is 0 Å². The fraction of sp³-hybridized carbons (Fsp3) is 0.800. The predicted octanol–water partition coefficient (Wildman–Crippen LogP) is 2.89. The van der Waals surface area contributed by atoms with Crippen molar-refractivity contribution in [2.45, 2.75) is 57.7 Å². The molecule has 0 spiro atoms. The highest BCUT2D eigenvalue weighted by atomic mass is 32.1. The summed E-state index contributed by atoms with van der Waals surface area (Å²) in [6.45, 7) is 8.09. The second-order valence-electron chi connectivity index (χ2n) is 6.15. The van der Waals surface area contributed by atoms with E-state index in [0.717, 1.165) is 18.5 Å². The summed E-state index contributed by atoms with van der Waals surface area (Å²) in [6, 6.07) is 0.744. The van der Waals surface area contributed by atoms with Crippen molar-refractivity contribution in [1.29, 1.82) is 0 Å². The van der Waals surface area contributed by atoms with Gasteiger partial charge in [-0.05, 0) is 31.6 Å². The van der Waals surface area contributed by atoms with Crippen LogP contribution in [0.2, 0.25) is 0 Å². The second-order valence-corrected chi connectivity index (χ2v) is 7.12. The summed E-state index contributed by atoms with van der Waals surface area (Å²) < 4.78 is 0. The maximum Gasteiger partial charge on any atom is 0.0794 e. The smallest absolute Gasteiger partial charge is 0.0794 e. The molecule has 1 unspecified atom stereocenters. The molecule has 0 radical (unpaired) electrons. The number of nitrogens with zero attached hydrogens (tertiary/aromatic N) is 2. The lowest BCUT2D eigenvalue weighted by Gasteiger charge is -2.47. The Labute approximate surface area is 120 Å². The van der Waals surface area contributed by atoms with Crippen LogP contribution in [0, 0.1) is 5.92 Å². The van der Waals surface area contributed by atoms with E-state index in [1.165, 1.54) is 43.6 Å². The third-order valence-corrected chi connectivity index (χ3v) is 5.79. The van der Waals surface area contributed by atoms with E-state index in [2.05, 4.69) is 29.0 Å². The molecule has 3 rings (SSSR count). The Bertz CT molecular complexity index is 396. The molecule has 1 N–H and O–H groups in total. The maximum atomic E-state index is 4.23. The van der Waals surface area contributed by atoms with Crippen LogP contribution in [0.1, 0.15) is 44.4 Å². The van der Waals surface area contributed by atoms with Crippen molar-refractivity contribution < 1.29 is 0 Å². The minimum absolute atomic E-state index is 0.329. The van der Waals surface area contributed by atoms with Gasteiger partial charge >= 0.3 is 0 Å². The van der Waals surface area contributed by atoms with Crippen LogP contribution in [0.15, 0.2) is 11.7 Å². The van der Waals surface area contributed by atoms with E-state index in [-0.39, 0.29) is 0 Å². The molecule has 2 heterocycles. The molecule has 3 nitrogen and oxygen atoms in total. The second kappa shape index (κ2) is 5.51. The topological polar surface area (TPSA) is 28.2 Å². The molecule has 0 amide bonds. The van der Waals surface area contributed by atoms with Crippen LogP contribution in [-0.4, -0.2) is 34.6 Å². The molecule has 19 heavy (non-hydrogen) atoms. The van der Waals surface area contributed by atoms with E-state index in [1.54, 1.807) is 11.3 Å². The number of thiazole rings is 1. The van der Waals surface area contributed by atoms with Crippen LogP contribution in [-0.2, 0) is 6.54 Å². The van der Waals surface area contributed by atoms with Gasteiger partial charge in [0.2, 0.25) is 0 Å². The molecule has 1 saturated carbocycles. The molecule has 0 bridgehead atoms. The summed E-state index contributed by atoms with van der Waals surface area (Å²) in [5, 5.41) is 3.86. The lowest BCUT2D eigenvalue weighted by atomic mass is 9.87. The van der Waals surface area contributed by atoms with Crippen molar-refractivity contribution in [3.05, 3.63) is 16.6 Å². The fourth-order valence-electron chi connectivity index (χ4n) is 3.38. The summed E-state index contributed by atoms with van der Waals surface area (Å²) in [5.41, 5.74) is 2.28. The summed E-state index contributed by atoms with van der Waals surface area (Å²) in [7, 11) is 0. The molecule has 1 atom stereocenters. The minimum atomic E-state index is 0.329. The average molecular weight is 279 g/mol. The third kappa shape index (κ3) is 2.86. The fourth-order valence-corrected chi connectivity index (χ4v) is 3.99. The first kappa shape index (κ1) is 13.5. The number of nitrogens with one attached hydrogen (secondary N) is 1. The van der Waals surface area contributed by atoms with Crippen LogP contribution >= 0.6 is 11.3 Å². The number of rotatable bonds is 5. The van der Waals surface area contributed by atoms with Crippen LogP contribution in [0.5, 0.6) is 0 Å². The Morgan fingerprint density at radius 2 is 2.21 bits per heavy atom. The zero-order valence-corrected chi connectivity index (χ0v) is 12.9. The molecule has 2 fully saturated rings. The van der Waals surface area contributed by atoms with E-state index in [9.17, 15) is 0 Å². The lowest BCUT2D eigenvalue weighted by Crippen LogP contribution is -2.64. The Morgan fingerprint density at radius 3 is 2.79 bits per heavy atom. The summed E-state index contributed by atoms with van der Waals surface area (Å²) in [5.74, 6) is 0.937. The Hall–Kier alpha value is -0.450. The van der Waals surface area contributed by atoms with Gasteiger partial charge in [0.25, 0.3) is 0 Å². The highest BCUT2D eigenvalue weighted by Crippen LogP contribution is 2.38. The molecule has 2 aliphatic rings. The SMILES string of the molecule is CCC1(CC)CN(Cc2cncs2)C(C2CC2)CN1. The Morgan fingerprint density at radius 1 is 1.42 bits per heavy atom. The highest BCUT2D eigenvalue weighted by Gasteiger charge is 2.42. The van der Waals surface area contributed by atoms with Gasteiger partial charge in [0, 0.05) is 42.3 Å². The van der Waals surface area contributed by atoms with Gasteiger partial charge in [-0.3, -0.25) is 9.88 Å². The van der Waals surface area contributed by atoms with Crippen molar-refractivity contribution in [1.82, 2.24) is 15.2 Å². The summed E-state index contributed by atoms with van der Waals surface area (Å²) in [6.07, 6.45) is 7.34. The number of hydrogen-bond acceptors (Lipinski definition) is 4. The zero-order valence-electron chi connectivity index (χ0n) is 12.1. The molecule has 1 aliphatic heterocycles. The number of aromatic nitrogens is 1. The monoisotopic (exact) mass is 279 g/mol. The van der Waals surface area contributed by atoms with Gasteiger partial charge in [0.15, 0.2) is 0 Å². The predicted molar refractivity (Wildman–Crippen MR) is 80.4 cm³/mol. The summed E-state index contributed by atoms with van der Waals surface area (Å²) in [4.78, 5) is 8.37. The highest BCUT2D eigenvalue weighted by molar-refractivity contribution is 7.09. The van der Waals surface area contributed by atoms with Crippen LogP contribution < -0.4 is 5.32 Å². The Balaban J connectivity index is 1.74. The third-order valence-electron chi connectivity index (χ3n) is 5.02. The van der Waals surface area contributed by atoms with Crippen molar-refractivity contribution >= 4 is 11.3 Å². The molecule has 1 aromatic rings. The number of hydrogen-bond donors (Lipinski definition) is 1. The first-order valence-corrected chi connectivity index (χ1v) is 8.51. The molecule has 4 heteroatoms. The molecule has 1 aliphatic carbocycles. The van der Waals surface area contributed by atoms with Gasteiger partial charge in [-0.1, -0.05) is 13.8 Å².